The van der Waals surface area contributed by atoms with Gasteiger partial charge in [-0.05, 0) is 39.2 Å². The SMILES string of the molecule is CO[C@]1(C)CCCN(C(=O)Nc2cc(-c3ccoc3C)on2)CC1. The van der Waals surface area contributed by atoms with Crippen LogP contribution >= 0.6 is 0 Å². The van der Waals surface area contributed by atoms with E-state index in [2.05, 4.69) is 17.4 Å². The largest absolute Gasteiger partial charge is 0.469 e. The number of methoxy groups -OCH3 is 1. The van der Waals surface area contributed by atoms with Crippen LogP contribution in [0.5, 0.6) is 0 Å². The maximum absolute atomic E-state index is 12.5. The molecule has 0 saturated carbocycles. The van der Waals surface area contributed by atoms with Gasteiger partial charge in [0.05, 0.1) is 17.4 Å². The Balaban J connectivity index is 1.63. The second kappa shape index (κ2) is 6.68. The van der Waals surface area contributed by atoms with Crippen molar-refractivity contribution in [2.24, 2.45) is 0 Å². The predicted octanol–water partition coefficient (Wildman–Crippen LogP) is 3.67. The molecule has 3 heterocycles. The molecule has 24 heavy (non-hydrogen) atoms. The fraction of sp³-hybridized carbons (Fsp3) is 0.529. The summed E-state index contributed by atoms with van der Waals surface area (Å²) in [4.78, 5) is 14.2. The second-order valence-electron chi connectivity index (χ2n) is 6.39. The summed E-state index contributed by atoms with van der Waals surface area (Å²) in [5, 5.41) is 6.71. The van der Waals surface area contributed by atoms with E-state index in [9.17, 15) is 4.79 Å². The Morgan fingerprint density at radius 1 is 1.42 bits per heavy atom. The summed E-state index contributed by atoms with van der Waals surface area (Å²) in [6.07, 6.45) is 4.27. The third-order valence-electron chi connectivity index (χ3n) is 4.69. The summed E-state index contributed by atoms with van der Waals surface area (Å²) in [6, 6.07) is 3.34. The van der Waals surface area contributed by atoms with Crippen LogP contribution in [-0.2, 0) is 4.74 Å². The highest BCUT2D eigenvalue weighted by Gasteiger charge is 2.29. The summed E-state index contributed by atoms with van der Waals surface area (Å²) in [5.41, 5.74) is 0.670. The monoisotopic (exact) mass is 333 g/mol. The molecule has 1 saturated heterocycles. The number of aromatic nitrogens is 1. The van der Waals surface area contributed by atoms with Gasteiger partial charge in [0.15, 0.2) is 11.6 Å². The molecule has 2 amide bonds. The number of urea groups is 1. The lowest BCUT2D eigenvalue weighted by molar-refractivity contribution is -0.00492. The van der Waals surface area contributed by atoms with Crippen LogP contribution < -0.4 is 5.32 Å². The molecule has 0 spiro atoms. The fourth-order valence-corrected chi connectivity index (χ4v) is 2.95. The number of ether oxygens (including phenoxy) is 1. The van der Waals surface area contributed by atoms with Crippen LogP contribution in [0.2, 0.25) is 0 Å². The number of furan rings is 1. The number of carbonyl (C=O) groups is 1. The van der Waals surface area contributed by atoms with Crippen molar-refractivity contribution in [3.05, 3.63) is 24.2 Å². The van der Waals surface area contributed by atoms with E-state index < -0.39 is 0 Å². The number of rotatable bonds is 3. The minimum Gasteiger partial charge on any atom is -0.469 e. The summed E-state index contributed by atoms with van der Waals surface area (Å²) in [6.45, 7) is 5.30. The standard InChI is InChI=1S/C17H23N3O4/c1-12-13(5-10-23-12)14-11-15(19-24-14)18-16(21)20-8-4-6-17(2,22-3)7-9-20/h5,10-11H,4,6-9H2,1-3H3,(H,18,19,21)/t17-/m1/s1. The third kappa shape index (κ3) is 3.46. The normalized spacial score (nSPS) is 21.5. The van der Waals surface area contributed by atoms with Crippen LogP contribution in [0.25, 0.3) is 11.3 Å². The van der Waals surface area contributed by atoms with E-state index in [0.29, 0.717) is 24.7 Å². The number of carbonyl (C=O) groups excluding carboxylic acids is 1. The molecule has 3 rings (SSSR count). The van der Waals surface area contributed by atoms with E-state index >= 15 is 0 Å². The minimum absolute atomic E-state index is 0.158. The Hall–Kier alpha value is -2.28. The second-order valence-corrected chi connectivity index (χ2v) is 6.39. The zero-order chi connectivity index (χ0) is 17.2. The first-order valence-corrected chi connectivity index (χ1v) is 8.13. The van der Waals surface area contributed by atoms with Gasteiger partial charge in [-0.25, -0.2) is 4.79 Å². The third-order valence-corrected chi connectivity index (χ3v) is 4.69. The molecule has 1 N–H and O–H groups in total. The molecule has 1 aliphatic heterocycles. The summed E-state index contributed by atoms with van der Waals surface area (Å²) >= 11 is 0. The van der Waals surface area contributed by atoms with Crippen LogP contribution in [0.3, 0.4) is 0 Å². The van der Waals surface area contributed by atoms with Gasteiger partial charge in [0.1, 0.15) is 5.76 Å². The maximum Gasteiger partial charge on any atom is 0.323 e. The van der Waals surface area contributed by atoms with Gasteiger partial charge >= 0.3 is 6.03 Å². The first-order chi connectivity index (χ1) is 11.5. The number of hydrogen-bond acceptors (Lipinski definition) is 5. The van der Waals surface area contributed by atoms with Gasteiger partial charge < -0.3 is 18.6 Å². The predicted molar refractivity (Wildman–Crippen MR) is 88.8 cm³/mol. The molecule has 0 radical (unpaired) electrons. The van der Waals surface area contributed by atoms with Crippen molar-refractivity contribution < 1.29 is 18.5 Å². The molecule has 130 valence electrons. The molecule has 1 fully saturated rings. The van der Waals surface area contributed by atoms with E-state index in [0.717, 1.165) is 30.6 Å². The van der Waals surface area contributed by atoms with Crippen molar-refractivity contribution in [1.82, 2.24) is 10.1 Å². The molecule has 7 heteroatoms. The van der Waals surface area contributed by atoms with Gasteiger partial charge in [0.2, 0.25) is 0 Å². The summed E-state index contributed by atoms with van der Waals surface area (Å²) < 4.78 is 16.1. The average Bonchev–Trinajstić information content (AvgIpc) is 3.13. The van der Waals surface area contributed by atoms with Gasteiger partial charge in [-0.2, -0.15) is 0 Å². The van der Waals surface area contributed by atoms with Crippen molar-refractivity contribution in [3.8, 4) is 11.3 Å². The molecule has 2 aromatic rings. The molecular formula is C17H23N3O4. The number of anilines is 1. The zero-order valence-corrected chi connectivity index (χ0v) is 14.3. The Labute approximate surface area is 140 Å². The van der Waals surface area contributed by atoms with Gasteiger partial charge in [-0.15, -0.1) is 0 Å². The van der Waals surface area contributed by atoms with Crippen LogP contribution in [0.4, 0.5) is 10.6 Å². The Bertz CT molecular complexity index is 708. The van der Waals surface area contributed by atoms with E-state index in [4.69, 9.17) is 13.7 Å². The van der Waals surface area contributed by atoms with Crippen LogP contribution in [0.15, 0.2) is 27.3 Å². The van der Waals surface area contributed by atoms with Gasteiger partial charge in [0.25, 0.3) is 0 Å². The molecule has 2 aromatic heterocycles. The molecule has 0 unspecified atom stereocenters. The Morgan fingerprint density at radius 2 is 2.25 bits per heavy atom. The smallest absolute Gasteiger partial charge is 0.323 e. The first kappa shape index (κ1) is 16.6. The molecular weight excluding hydrogens is 310 g/mol. The maximum atomic E-state index is 12.5. The van der Waals surface area contributed by atoms with Crippen molar-refractivity contribution >= 4 is 11.8 Å². The van der Waals surface area contributed by atoms with E-state index in [1.54, 1.807) is 24.3 Å². The van der Waals surface area contributed by atoms with Crippen molar-refractivity contribution in [3.63, 3.8) is 0 Å². The van der Waals surface area contributed by atoms with Crippen molar-refractivity contribution in [2.75, 3.05) is 25.5 Å². The number of aryl methyl sites for hydroxylation is 1. The Morgan fingerprint density at radius 3 is 2.96 bits per heavy atom. The molecule has 0 aromatic carbocycles. The highest BCUT2D eigenvalue weighted by molar-refractivity contribution is 5.88. The number of likely N-dealkylation sites (tertiary alicyclic amines) is 1. The minimum atomic E-state index is -0.167. The average molecular weight is 333 g/mol. The van der Waals surface area contributed by atoms with Crippen molar-refractivity contribution in [1.29, 1.82) is 0 Å². The number of amides is 2. The molecule has 1 atom stereocenters. The van der Waals surface area contributed by atoms with Gasteiger partial charge in [-0.3, -0.25) is 5.32 Å². The first-order valence-electron chi connectivity index (χ1n) is 8.13. The number of nitrogens with zero attached hydrogens (tertiary/aromatic N) is 2. The molecule has 7 nitrogen and oxygen atoms in total. The van der Waals surface area contributed by atoms with Gasteiger partial charge in [-0.1, -0.05) is 5.16 Å². The van der Waals surface area contributed by atoms with Gasteiger partial charge in [0, 0.05) is 26.3 Å². The highest BCUT2D eigenvalue weighted by atomic mass is 16.5. The topological polar surface area (TPSA) is 80.7 Å². The lowest BCUT2D eigenvalue weighted by atomic mass is 9.97. The van der Waals surface area contributed by atoms with E-state index in [-0.39, 0.29) is 11.6 Å². The lowest BCUT2D eigenvalue weighted by Crippen LogP contribution is -2.37. The van der Waals surface area contributed by atoms with E-state index in [1.165, 1.54) is 0 Å². The quantitative estimate of drug-likeness (QED) is 0.927. The van der Waals surface area contributed by atoms with Crippen molar-refractivity contribution in [2.45, 2.75) is 38.7 Å². The summed E-state index contributed by atoms with van der Waals surface area (Å²) in [5.74, 6) is 1.71. The van der Waals surface area contributed by atoms with Crippen LogP contribution in [-0.4, -0.2) is 41.9 Å². The summed E-state index contributed by atoms with van der Waals surface area (Å²) in [7, 11) is 1.73. The number of nitrogens with one attached hydrogen (secondary N) is 1. The van der Waals surface area contributed by atoms with Crippen LogP contribution in [0, 0.1) is 6.92 Å². The number of hydrogen-bond donors (Lipinski definition) is 1. The lowest BCUT2D eigenvalue weighted by Gasteiger charge is -2.26. The molecule has 0 bridgehead atoms. The highest BCUT2D eigenvalue weighted by Crippen LogP contribution is 2.27. The van der Waals surface area contributed by atoms with Crippen LogP contribution in [0.1, 0.15) is 31.9 Å². The molecule has 0 aliphatic carbocycles. The van der Waals surface area contributed by atoms with E-state index in [1.807, 2.05) is 13.0 Å². The molecule has 1 aliphatic rings. The fourth-order valence-electron chi connectivity index (χ4n) is 2.95. The Kier molecular flexibility index (Phi) is 4.62. The zero-order valence-electron chi connectivity index (χ0n) is 14.3.